The van der Waals surface area contributed by atoms with Crippen molar-refractivity contribution in [2.75, 3.05) is 18.8 Å². The summed E-state index contributed by atoms with van der Waals surface area (Å²) in [5, 5.41) is 0. The molecule has 0 saturated heterocycles. The SMILES string of the molecule is CSC1=C(SC)SC(=C2SC(SC)=C(SCc3ccc(CS)cc3)S2)S1. The van der Waals surface area contributed by atoms with E-state index in [9.17, 15) is 0 Å². The van der Waals surface area contributed by atoms with Crippen LogP contribution in [0.2, 0.25) is 0 Å². The fourth-order valence-corrected chi connectivity index (χ4v) is 13.0. The highest BCUT2D eigenvalue weighted by atomic mass is 32.3. The molecule has 0 unspecified atom stereocenters. The second-order valence-corrected chi connectivity index (χ2v) is 14.4. The van der Waals surface area contributed by atoms with Gasteiger partial charge in [-0.1, -0.05) is 71.3 Å². The highest BCUT2D eigenvalue weighted by Crippen LogP contribution is 2.65. The minimum Gasteiger partial charge on any atom is -0.175 e. The molecule has 26 heavy (non-hydrogen) atoms. The second-order valence-electron chi connectivity index (χ2n) is 5.01. The van der Waals surface area contributed by atoms with E-state index in [1.54, 1.807) is 0 Å². The minimum absolute atomic E-state index is 0.804. The van der Waals surface area contributed by atoms with Gasteiger partial charge in [0.05, 0.1) is 25.4 Å². The van der Waals surface area contributed by atoms with Gasteiger partial charge in [0.2, 0.25) is 0 Å². The van der Waals surface area contributed by atoms with Crippen LogP contribution in [-0.2, 0) is 11.5 Å². The lowest BCUT2D eigenvalue weighted by Gasteiger charge is -2.05. The molecule has 0 fully saturated rings. The molecular weight excluding hydrogens is 493 g/mol. The van der Waals surface area contributed by atoms with Gasteiger partial charge in [-0.25, -0.2) is 0 Å². The van der Waals surface area contributed by atoms with E-state index in [-0.39, 0.29) is 0 Å². The van der Waals surface area contributed by atoms with Gasteiger partial charge in [-0.2, -0.15) is 12.6 Å². The van der Waals surface area contributed by atoms with Crippen molar-refractivity contribution >= 4 is 107 Å². The summed E-state index contributed by atoms with van der Waals surface area (Å²) in [5.74, 6) is 1.82. The molecule has 0 aromatic heterocycles. The van der Waals surface area contributed by atoms with Crippen molar-refractivity contribution in [1.29, 1.82) is 0 Å². The van der Waals surface area contributed by atoms with Gasteiger partial charge in [0, 0.05) is 11.5 Å². The summed E-state index contributed by atoms with van der Waals surface area (Å²) in [5.41, 5.74) is 2.65. The Balaban J connectivity index is 1.66. The Bertz CT molecular complexity index is 728. The average molecular weight is 511 g/mol. The molecular formula is C17H18S9. The van der Waals surface area contributed by atoms with Crippen LogP contribution < -0.4 is 0 Å². The summed E-state index contributed by atoms with van der Waals surface area (Å²) < 4.78 is 8.69. The van der Waals surface area contributed by atoms with Gasteiger partial charge in [0.25, 0.3) is 0 Å². The summed E-state index contributed by atoms with van der Waals surface area (Å²) in [6.07, 6.45) is 6.54. The third-order valence-corrected chi connectivity index (χ3v) is 14.9. The van der Waals surface area contributed by atoms with Crippen LogP contribution >= 0.6 is 107 Å². The molecule has 3 rings (SSSR count). The molecule has 0 nitrogen and oxygen atoms in total. The third kappa shape index (κ3) is 5.59. The normalized spacial score (nSPS) is 17.8. The number of thiol groups is 1. The van der Waals surface area contributed by atoms with Crippen molar-refractivity contribution < 1.29 is 0 Å². The fraction of sp³-hybridized carbons (Fsp3) is 0.294. The number of hydrogen-bond donors (Lipinski definition) is 1. The van der Waals surface area contributed by atoms with Crippen LogP contribution in [0.3, 0.4) is 0 Å². The third-order valence-electron chi connectivity index (χ3n) is 3.37. The van der Waals surface area contributed by atoms with Gasteiger partial charge in [-0.3, -0.25) is 0 Å². The largest absolute Gasteiger partial charge is 0.175 e. The van der Waals surface area contributed by atoms with E-state index < -0.39 is 0 Å². The molecule has 140 valence electrons. The van der Waals surface area contributed by atoms with E-state index in [1.807, 2.05) is 94.1 Å². The molecule has 2 aliphatic rings. The predicted octanol–water partition coefficient (Wildman–Crippen LogP) is 8.78. The molecule has 0 saturated carbocycles. The van der Waals surface area contributed by atoms with E-state index >= 15 is 0 Å². The molecule has 0 spiro atoms. The van der Waals surface area contributed by atoms with Crippen molar-refractivity contribution in [1.82, 2.24) is 0 Å². The van der Waals surface area contributed by atoms with Gasteiger partial charge in [-0.15, -0.1) is 47.0 Å². The van der Waals surface area contributed by atoms with Gasteiger partial charge in [0.1, 0.15) is 0 Å². The van der Waals surface area contributed by atoms with Crippen LogP contribution in [0.1, 0.15) is 11.1 Å². The summed E-state index contributed by atoms with van der Waals surface area (Å²) in [4.78, 5) is 0. The minimum atomic E-state index is 0.804. The highest BCUT2D eigenvalue weighted by molar-refractivity contribution is 8.44. The topological polar surface area (TPSA) is 0 Å². The van der Waals surface area contributed by atoms with Crippen molar-refractivity contribution in [3.05, 3.63) is 60.8 Å². The first-order valence-electron chi connectivity index (χ1n) is 7.56. The van der Waals surface area contributed by atoms with Gasteiger partial charge in [0.15, 0.2) is 0 Å². The van der Waals surface area contributed by atoms with Crippen molar-refractivity contribution in [2.45, 2.75) is 11.5 Å². The van der Waals surface area contributed by atoms with E-state index in [0.29, 0.717) is 0 Å². The Kier molecular flexibility index (Phi) is 9.52. The average Bonchev–Trinajstić information content (AvgIpc) is 3.30. The number of benzene rings is 1. The predicted molar refractivity (Wildman–Crippen MR) is 142 cm³/mol. The lowest BCUT2D eigenvalue weighted by Crippen LogP contribution is -1.82. The quantitative estimate of drug-likeness (QED) is 0.357. The first kappa shape index (κ1) is 22.3. The molecule has 9 heteroatoms. The van der Waals surface area contributed by atoms with Crippen LogP contribution in [0.4, 0.5) is 0 Å². The molecule has 0 N–H and O–H groups in total. The smallest absolute Gasteiger partial charge is 0.0717 e. The Morgan fingerprint density at radius 2 is 1.12 bits per heavy atom. The van der Waals surface area contributed by atoms with Gasteiger partial charge < -0.3 is 0 Å². The zero-order chi connectivity index (χ0) is 18.5. The highest BCUT2D eigenvalue weighted by Gasteiger charge is 2.29. The Morgan fingerprint density at radius 3 is 1.58 bits per heavy atom. The van der Waals surface area contributed by atoms with E-state index in [1.165, 1.54) is 36.5 Å². The number of thioether (sulfide) groups is 8. The van der Waals surface area contributed by atoms with Crippen LogP contribution in [0.15, 0.2) is 49.7 Å². The summed E-state index contributed by atoms with van der Waals surface area (Å²) >= 11 is 19.7. The van der Waals surface area contributed by atoms with E-state index in [0.717, 1.165) is 11.5 Å². The molecule has 2 heterocycles. The van der Waals surface area contributed by atoms with Crippen LogP contribution in [-0.4, -0.2) is 18.8 Å². The Labute approximate surface area is 196 Å². The Hall–Kier alpha value is 1.59. The molecule has 0 radical (unpaired) electrons. The Morgan fingerprint density at radius 1 is 0.692 bits per heavy atom. The molecule has 0 bridgehead atoms. The van der Waals surface area contributed by atoms with Crippen LogP contribution in [0, 0.1) is 0 Å². The standard InChI is InChI=1S/C17H18S9/c1-19-12-13(20-2)24-16(23-12)17-25-14(21-3)15(26-17)22-9-11-6-4-10(8-18)5-7-11/h4-7,18H,8-9H2,1-3H3. The van der Waals surface area contributed by atoms with Gasteiger partial charge in [-0.05, 0) is 29.9 Å². The number of hydrogen-bond acceptors (Lipinski definition) is 9. The summed E-state index contributed by atoms with van der Waals surface area (Å²) in [7, 11) is 0. The zero-order valence-electron chi connectivity index (χ0n) is 14.4. The lowest BCUT2D eigenvalue weighted by atomic mass is 10.2. The second kappa shape index (κ2) is 11.1. The van der Waals surface area contributed by atoms with E-state index in [4.69, 9.17) is 0 Å². The lowest BCUT2D eigenvalue weighted by molar-refractivity contribution is 1.35. The summed E-state index contributed by atoms with van der Waals surface area (Å²) in [6.45, 7) is 0. The zero-order valence-corrected chi connectivity index (χ0v) is 21.9. The molecule has 0 aliphatic carbocycles. The van der Waals surface area contributed by atoms with E-state index in [2.05, 4.69) is 55.7 Å². The van der Waals surface area contributed by atoms with Crippen molar-refractivity contribution in [2.24, 2.45) is 0 Å². The first-order valence-corrected chi connectivity index (χ1v) is 16.1. The molecule has 2 aliphatic heterocycles. The summed E-state index contributed by atoms with van der Waals surface area (Å²) in [6, 6.07) is 8.82. The monoisotopic (exact) mass is 510 g/mol. The number of rotatable bonds is 7. The molecule has 0 atom stereocenters. The molecule has 1 aromatic rings. The van der Waals surface area contributed by atoms with Crippen molar-refractivity contribution in [3.63, 3.8) is 0 Å². The maximum Gasteiger partial charge on any atom is 0.0717 e. The maximum absolute atomic E-state index is 4.33. The van der Waals surface area contributed by atoms with Crippen molar-refractivity contribution in [3.8, 4) is 0 Å². The molecule has 1 aromatic carbocycles. The van der Waals surface area contributed by atoms with Gasteiger partial charge >= 0.3 is 0 Å². The maximum atomic E-state index is 4.33. The molecule has 0 amide bonds. The first-order chi connectivity index (χ1) is 12.7. The van der Waals surface area contributed by atoms with Crippen LogP contribution in [0.25, 0.3) is 0 Å². The van der Waals surface area contributed by atoms with Crippen LogP contribution in [0.5, 0.6) is 0 Å². The fourth-order valence-electron chi connectivity index (χ4n) is 2.06.